The molecule has 3 atom stereocenters. The molecule has 1 rings (SSSR count). The molecule has 0 saturated carbocycles. The zero-order chi connectivity index (χ0) is 11.4. The smallest absolute Gasteiger partial charge is 0.320 e. The standard InChI is InChI=1S/C12H23NO2/c1-4-5-11(12(14)15)13-7-9(2)6-10(3)8-13/h9-11H,4-8H2,1-3H3,(H,14,15)/t9-,10-,11-/m1/s1. The first-order valence-corrected chi connectivity index (χ1v) is 6.01. The van der Waals surface area contributed by atoms with Crippen LogP contribution in [-0.4, -0.2) is 35.1 Å². The summed E-state index contributed by atoms with van der Waals surface area (Å²) in [6, 6.07) is -0.264. The van der Waals surface area contributed by atoms with E-state index < -0.39 is 5.97 Å². The van der Waals surface area contributed by atoms with Crippen molar-refractivity contribution < 1.29 is 9.90 Å². The zero-order valence-corrected chi connectivity index (χ0v) is 10.1. The van der Waals surface area contributed by atoms with Gasteiger partial charge < -0.3 is 5.11 Å². The molecule has 1 heterocycles. The average molecular weight is 213 g/mol. The molecular formula is C12H23NO2. The lowest BCUT2D eigenvalue weighted by atomic mass is 9.90. The van der Waals surface area contributed by atoms with Gasteiger partial charge in [-0.1, -0.05) is 27.2 Å². The number of carbonyl (C=O) groups is 1. The number of carboxylic acids is 1. The molecule has 1 aliphatic rings. The highest BCUT2D eigenvalue weighted by Gasteiger charge is 2.30. The summed E-state index contributed by atoms with van der Waals surface area (Å²) in [5.41, 5.74) is 0. The lowest BCUT2D eigenvalue weighted by Crippen LogP contribution is -2.48. The fraction of sp³-hybridized carbons (Fsp3) is 0.917. The Morgan fingerprint density at radius 2 is 1.93 bits per heavy atom. The van der Waals surface area contributed by atoms with Crippen molar-refractivity contribution in [1.29, 1.82) is 0 Å². The van der Waals surface area contributed by atoms with Gasteiger partial charge in [-0.15, -0.1) is 0 Å². The Balaban J connectivity index is 2.61. The molecule has 0 aromatic heterocycles. The lowest BCUT2D eigenvalue weighted by Gasteiger charge is -2.38. The number of hydrogen-bond donors (Lipinski definition) is 1. The minimum absolute atomic E-state index is 0.264. The van der Waals surface area contributed by atoms with E-state index in [2.05, 4.69) is 18.7 Å². The van der Waals surface area contributed by atoms with Crippen LogP contribution >= 0.6 is 0 Å². The van der Waals surface area contributed by atoms with E-state index in [0.29, 0.717) is 11.8 Å². The second-order valence-electron chi connectivity index (χ2n) is 5.04. The van der Waals surface area contributed by atoms with Crippen molar-refractivity contribution in [2.45, 2.75) is 46.1 Å². The molecular weight excluding hydrogens is 190 g/mol. The van der Waals surface area contributed by atoms with Crippen molar-refractivity contribution in [3.8, 4) is 0 Å². The van der Waals surface area contributed by atoms with Gasteiger partial charge >= 0.3 is 5.97 Å². The molecule has 0 radical (unpaired) electrons. The molecule has 1 N–H and O–H groups in total. The van der Waals surface area contributed by atoms with Crippen molar-refractivity contribution in [3.05, 3.63) is 0 Å². The highest BCUT2D eigenvalue weighted by atomic mass is 16.4. The van der Waals surface area contributed by atoms with Crippen molar-refractivity contribution >= 4 is 5.97 Å². The van der Waals surface area contributed by atoms with Crippen LogP contribution in [0.2, 0.25) is 0 Å². The third-order valence-corrected chi connectivity index (χ3v) is 3.19. The van der Waals surface area contributed by atoms with E-state index >= 15 is 0 Å². The average Bonchev–Trinajstić information content (AvgIpc) is 2.11. The van der Waals surface area contributed by atoms with Gasteiger partial charge in [0.2, 0.25) is 0 Å². The third kappa shape index (κ3) is 3.49. The Labute approximate surface area is 92.5 Å². The van der Waals surface area contributed by atoms with Crippen molar-refractivity contribution in [1.82, 2.24) is 4.90 Å². The van der Waals surface area contributed by atoms with E-state index in [0.717, 1.165) is 25.9 Å². The minimum Gasteiger partial charge on any atom is -0.480 e. The van der Waals surface area contributed by atoms with Gasteiger partial charge in [-0.2, -0.15) is 0 Å². The van der Waals surface area contributed by atoms with Crippen LogP contribution in [0.3, 0.4) is 0 Å². The Kier molecular flexibility index (Phi) is 4.58. The molecule has 1 fully saturated rings. The molecule has 0 aromatic rings. The van der Waals surface area contributed by atoms with Crippen molar-refractivity contribution in [2.75, 3.05) is 13.1 Å². The molecule has 3 heteroatoms. The predicted molar refractivity (Wildman–Crippen MR) is 60.8 cm³/mol. The Bertz CT molecular complexity index is 208. The van der Waals surface area contributed by atoms with Gasteiger partial charge in [0, 0.05) is 13.1 Å². The summed E-state index contributed by atoms with van der Waals surface area (Å²) in [5.74, 6) is 0.609. The third-order valence-electron chi connectivity index (χ3n) is 3.19. The highest BCUT2D eigenvalue weighted by molar-refractivity contribution is 5.73. The first-order chi connectivity index (χ1) is 7.04. The molecule has 0 aromatic carbocycles. The second kappa shape index (κ2) is 5.50. The fourth-order valence-electron chi connectivity index (χ4n) is 2.70. The van der Waals surface area contributed by atoms with E-state index in [4.69, 9.17) is 0 Å². The number of likely N-dealkylation sites (tertiary alicyclic amines) is 1. The monoisotopic (exact) mass is 213 g/mol. The van der Waals surface area contributed by atoms with Gasteiger partial charge in [-0.3, -0.25) is 9.69 Å². The van der Waals surface area contributed by atoms with E-state index in [1.807, 2.05) is 6.92 Å². The minimum atomic E-state index is -0.654. The topological polar surface area (TPSA) is 40.5 Å². The van der Waals surface area contributed by atoms with Gasteiger partial charge in [0.1, 0.15) is 6.04 Å². The Morgan fingerprint density at radius 3 is 2.33 bits per heavy atom. The van der Waals surface area contributed by atoms with Crippen LogP contribution in [0.5, 0.6) is 0 Å². The normalized spacial score (nSPS) is 30.1. The number of carboxylic acid groups (broad SMARTS) is 1. The van der Waals surface area contributed by atoms with Crippen LogP contribution in [0, 0.1) is 11.8 Å². The number of hydrogen-bond acceptors (Lipinski definition) is 2. The summed E-state index contributed by atoms with van der Waals surface area (Å²) < 4.78 is 0. The number of aliphatic carboxylic acids is 1. The van der Waals surface area contributed by atoms with Crippen molar-refractivity contribution in [2.24, 2.45) is 11.8 Å². The molecule has 3 nitrogen and oxygen atoms in total. The zero-order valence-electron chi connectivity index (χ0n) is 10.1. The van der Waals surface area contributed by atoms with E-state index in [1.54, 1.807) is 0 Å². The van der Waals surface area contributed by atoms with Gasteiger partial charge in [0.05, 0.1) is 0 Å². The van der Waals surface area contributed by atoms with Crippen LogP contribution in [-0.2, 0) is 4.79 Å². The molecule has 0 spiro atoms. The molecule has 0 aliphatic carbocycles. The van der Waals surface area contributed by atoms with Crippen LogP contribution in [0.15, 0.2) is 0 Å². The molecule has 1 saturated heterocycles. The number of rotatable bonds is 4. The lowest BCUT2D eigenvalue weighted by molar-refractivity contribution is -0.144. The maximum absolute atomic E-state index is 11.2. The largest absolute Gasteiger partial charge is 0.480 e. The maximum Gasteiger partial charge on any atom is 0.320 e. The van der Waals surface area contributed by atoms with E-state index in [-0.39, 0.29) is 6.04 Å². The van der Waals surface area contributed by atoms with E-state index in [9.17, 15) is 9.90 Å². The molecule has 0 unspecified atom stereocenters. The number of nitrogens with zero attached hydrogens (tertiary/aromatic N) is 1. The van der Waals surface area contributed by atoms with Crippen LogP contribution in [0.25, 0.3) is 0 Å². The SMILES string of the molecule is CCC[C@H](C(=O)O)N1C[C@H](C)C[C@@H](C)C1. The first kappa shape index (κ1) is 12.5. The summed E-state index contributed by atoms with van der Waals surface area (Å²) in [4.78, 5) is 13.3. The van der Waals surface area contributed by atoms with Gasteiger partial charge in [0.15, 0.2) is 0 Å². The summed E-state index contributed by atoms with van der Waals surface area (Å²) in [6.45, 7) is 8.37. The first-order valence-electron chi connectivity index (χ1n) is 6.01. The summed E-state index contributed by atoms with van der Waals surface area (Å²) >= 11 is 0. The van der Waals surface area contributed by atoms with E-state index in [1.165, 1.54) is 6.42 Å². The maximum atomic E-state index is 11.2. The molecule has 88 valence electrons. The van der Waals surface area contributed by atoms with Crippen molar-refractivity contribution in [3.63, 3.8) is 0 Å². The number of piperidine rings is 1. The molecule has 1 aliphatic heterocycles. The Morgan fingerprint density at radius 1 is 1.40 bits per heavy atom. The predicted octanol–water partition coefficient (Wildman–Crippen LogP) is 2.22. The molecule has 0 bridgehead atoms. The summed E-state index contributed by atoms with van der Waals surface area (Å²) in [5, 5.41) is 9.19. The van der Waals surface area contributed by atoms with Gasteiger partial charge in [0.25, 0.3) is 0 Å². The summed E-state index contributed by atoms with van der Waals surface area (Å²) in [7, 11) is 0. The quantitative estimate of drug-likeness (QED) is 0.778. The molecule has 0 amide bonds. The van der Waals surface area contributed by atoms with Crippen LogP contribution in [0.1, 0.15) is 40.0 Å². The van der Waals surface area contributed by atoms with Crippen LogP contribution < -0.4 is 0 Å². The van der Waals surface area contributed by atoms with Crippen LogP contribution in [0.4, 0.5) is 0 Å². The fourth-order valence-corrected chi connectivity index (χ4v) is 2.70. The second-order valence-corrected chi connectivity index (χ2v) is 5.04. The summed E-state index contributed by atoms with van der Waals surface area (Å²) in [6.07, 6.45) is 2.94. The van der Waals surface area contributed by atoms with Gasteiger partial charge in [-0.05, 0) is 24.7 Å². The highest BCUT2D eigenvalue weighted by Crippen LogP contribution is 2.24. The molecule has 15 heavy (non-hydrogen) atoms. The Hall–Kier alpha value is -0.570. The van der Waals surface area contributed by atoms with Gasteiger partial charge in [-0.25, -0.2) is 0 Å².